The van der Waals surface area contributed by atoms with Gasteiger partial charge in [0.25, 0.3) is 0 Å². The van der Waals surface area contributed by atoms with E-state index in [1.165, 1.54) is 5.56 Å². The number of rotatable bonds is 8. The van der Waals surface area contributed by atoms with E-state index < -0.39 is 5.97 Å². The van der Waals surface area contributed by atoms with Crippen molar-refractivity contribution in [2.45, 2.75) is 32.2 Å². The summed E-state index contributed by atoms with van der Waals surface area (Å²) >= 11 is 0. The molecule has 1 aromatic carbocycles. The van der Waals surface area contributed by atoms with Crippen LogP contribution in [0.1, 0.15) is 25.3 Å². The third kappa shape index (κ3) is 6.30. The van der Waals surface area contributed by atoms with E-state index in [0.717, 1.165) is 51.2 Å². The number of halogens is 1. The average molecular weight is 357 g/mol. The Labute approximate surface area is 151 Å². The van der Waals surface area contributed by atoms with Gasteiger partial charge in [0, 0.05) is 12.6 Å². The predicted molar refractivity (Wildman–Crippen MR) is 98.3 cm³/mol. The first-order chi connectivity index (χ1) is 11.1. The number of aliphatic carboxylic acids is 1. The lowest BCUT2D eigenvalue weighted by Gasteiger charge is -2.37. The first-order valence-corrected chi connectivity index (χ1v) is 8.43. The molecule has 1 aliphatic rings. The molecule has 0 saturated carbocycles. The summed E-state index contributed by atoms with van der Waals surface area (Å²) in [6.07, 6.45) is 3.16. The Hall–Kier alpha value is -1.30. The van der Waals surface area contributed by atoms with E-state index in [9.17, 15) is 4.79 Å². The highest BCUT2D eigenvalue weighted by atomic mass is 35.5. The molecule has 0 atom stereocenters. The second-order valence-electron chi connectivity index (χ2n) is 6.13. The molecular weight excluding hydrogens is 328 g/mol. The van der Waals surface area contributed by atoms with E-state index in [1.54, 1.807) is 7.11 Å². The fourth-order valence-corrected chi connectivity index (χ4v) is 3.26. The molecule has 6 heteroatoms. The minimum Gasteiger partial charge on any atom is -0.497 e. The van der Waals surface area contributed by atoms with Crippen LogP contribution in [0.4, 0.5) is 0 Å². The Morgan fingerprint density at radius 1 is 1.29 bits per heavy atom. The standard InChI is InChI=1S/C18H28N2O3.ClH/c1-3-20(14-18(21)22)16-9-12-19(13-10-16)11-8-15-4-6-17(23-2)7-5-15;/h4-7,16H,3,8-14H2,1-2H3,(H,21,22);1H. The van der Waals surface area contributed by atoms with Gasteiger partial charge in [-0.25, -0.2) is 0 Å². The number of likely N-dealkylation sites (N-methyl/N-ethyl adjacent to an activating group) is 1. The van der Waals surface area contributed by atoms with Crippen molar-refractivity contribution in [3.8, 4) is 5.75 Å². The van der Waals surface area contributed by atoms with Gasteiger partial charge in [-0.1, -0.05) is 19.1 Å². The molecule has 5 nitrogen and oxygen atoms in total. The monoisotopic (exact) mass is 356 g/mol. The topological polar surface area (TPSA) is 53.0 Å². The van der Waals surface area contributed by atoms with E-state index in [2.05, 4.69) is 21.9 Å². The van der Waals surface area contributed by atoms with Crippen LogP contribution in [0, 0.1) is 0 Å². The summed E-state index contributed by atoms with van der Waals surface area (Å²) in [5, 5.41) is 8.98. The largest absolute Gasteiger partial charge is 0.497 e. The molecule has 1 aliphatic heterocycles. The molecule has 1 heterocycles. The smallest absolute Gasteiger partial charge is 0.317 e. The second kappa shape index (κ2) is 10.5. The molecule has 1 N–H and O–H groups in total. The van der Waals surface area contributed by atoms with Crippen LogP contribution in [-0.2, 0) is 11.2 Å². The first kappa shape index (κ1) is 20.7. The van der Waals surface area contributed by atoms with Crippen molar-refractivity contribution in [1.29, 1.82) is 0 Å². The number of piperidine rings is 1. The number of hydrogen-bond donors (Lipinski definition) is 1. The van der Waals surface area contributed by atoms with Gasteiger partial charge in [-0.15, -0.1) is 12.4 Å². The summed E-state index contributed by atoms with van der Waals surface area (Å²) in [6, 6.07) is 8.67. The Kier molecular flexibility index (Phi) is 9.11. The summed E-state index contributed by atoms with van der Waals surface area (Å²) in [4.78, 5) is 15.5. The number of nitrogens with zero attached hydrogens (tertiary/aromatic N) is 2. The molecule has 0 spiro atoms. The van der Waals surface area contributed by atoms with Gasteiger partial charge >= 0.3 is 5.97 Å². The van der Waals surface area contributed by atoms with Gasteiger partial charge in [-0.2, -0.15) is 0 Å². The molecule has 0 radical (unpaired) electrons. The molecule has 1 fully saturated rings. The number of ether oxygens (including phenoxy) is 1. The van der Waals surface area contributed by atoms with Crippen molar-refractivity contribution in [1.82, 2.24) is 9.80 Å². The average Bonchev–Trinajstić information content (AvgIpc) is 2.58. The zero-order chi connectivity index (χ0) is 16.7. The van der Waals surface area contributed by atoms with E-state index >= 15 is 0 Å². The highest BCUT2D eigenvalue weighted by Gasteiger charge is 2.24. The maximum Gasteiger partial charge on any atom is 0.317 e. The van der Waals surface area contributed by atoms with E-state index in [0.29, 0.717) is 6.04 Å². The molecule has 24 heavy (non-hydrogen) atoms. The Balaban J connectivity index is 0.00000288. The van der Waals surface area contributed by atoms with Gasteiger partial charge in [0.1, 0.15) is 5.75 Å². The Morgan fingerprint density at radius 3 is 2.42 bits per heavy atom. The Morgan fingerprint density at radius 2 is 1.92 bits per heavy atom. The van der Waals surface area contributed by atoms with Gasteiger partial charge in [0.2, 0.25) is 0 Å². The third-order valence-electron chi connectivity index (χ3n) is 4.69. The minimum absolute atomic E-state index is 0. The molecule has 0 amide bonds. The van der Waals surface area contributed by atoms with Gasteiger partial charge < -0.3 is 14.7 Å². The lowest BCUT2D eigenvalue weighted by Crippen LogP contribution is -2.46. The quantitative estimate of drug-likeness (QED) is 0.775. The molecular formula is C18H29ClN2O3. The Bertz CT molecular complexity index is 488. The molecule has 0 aliphatic carbocycles. The number of likely N-dealkylation sites (tertiary alicyclic amines) is 1. The SMILES string of the molecule is CCN(CC(=O)O)C1CCN(CCc2ccc(OC)cc2)CC1.Cl. The summed E-state index contributed by atoms with van der Waals surface area (Å²) in [7, 11) is 1.68. The highest BCUT2D eigenvalue weighted by molar-refractivity contribution is 5.85. The van der Waals surface area contributed by atoms with E-state index in [4.69, 9.17) is 9.84 Å². The lowest BCUT2D eigenvalue weighted by molar-refractivity contribution is -0.139. The van der Waals surface area contributed by atoms with Crippen LogP contribution in [0.5, 0.6) is 5.75 Å². The van der Waals surface area contributed by atoms with Crippen LogP contribution in [0.3, 0.4) is 0 Å². The van der Waals surface area contributed by atoms with Crippen molar-refractivity contribution in [3.63, 3.8) is 0 Å². The molecule has 0 unspecified atom stereocenters. The van der Waals surface area contributed by atoms with Crippen LogP contribution in [0.15, 0.2) is 24.3 Å². The summed E-state index contributed by atoms with van der Waals surface area (Å²) < 4.78 is 5.18. The molecule has 1 aromatic rings. The normalized spacial score (nSPS) is 16.0. The van der Waals surface area contributed by atoms with Crippen molar-refractivity contribution in [2.24, 2.45) is 0 Å². The number of methoxy groups -OCH3 is 1. The van der Waals surface area contributed by atoms with Crippen LogP contribution in [0.2, 0.25) is 0 Å². The second-order valence-corrected chi connectivity index (χ2v) is 6.13. The van der Waals surface area contributed by atoms with Gasteiger partial charge in [-0.05, 0) is 56.6 Å². The predicted octanol–water partition coefficient (Wildman–Crippen LogP) is 2.53. The number of carboxylic acids is 1. The molecule has 0 bridgehead atoms. The van der Waals surface area contributed by atoms with Crippen molar-refractivity contribution in [2.75, 3.05) is 39.8 Å². The van der Waals surface area contributed by atoms with Gasteiger partial charge in [0.15, 0.2) is 0 Å². The van der Waals surface area contributed by atoms with Crippen LogP contribution < -0.4 is 4.74 Å². The summed E-state index contributed by atoms with van der Waals surface area (Å²) in [5.41, 5.74) is 1.33. The maximum absolute atomic E-state index is 10.9. The number of carboxylic acid groups (broad SMARTS) is 1. The van der Waals surface area contributed by atoms with Crippen molar-refractivity contribution >= 4 is 18.4 Å². The number of carbonyl (C=O) groups is 1. The van der Waals surface area contributed by atoms with Crippen LogP contribution in [-0.4, -0.2) is 66.8 Å². The van der Waals surface area contributed by atoms with E-state index in [1.807, 2.05) is 19.1 Å². The zero-order valence-corrected chi connectivity index (χ0v) is 15.4. The molecule has 1 saturated heterocycles. The van der Waals surface area contributed by atoms with Gasteiger partial charge in [-0.3, -0.25) is 9.69 Å². The van der Waals surface area contributed by atoms with Crippen molar-refractivity contribution in [3.05, 3.63) is 29.8 Å². The third-order valence-corrected chi connectivity index (χ3v) is 4.69. The summed E-state index contributed by atoms with van der Waals surface area (Å²) in [5.74, 6) is 0.168. The minimum atomic E-state index is -0.728. The van der Waals surface area contributed by atoms with Crippen LogP contribution >= 0.6 is 12.4 Å². The fraction of sp³-hybridized carbons (Fsp3) is 0.611. The van der Waals surface area contributed by atoms with E-state index in [-0.39, 0.29) is 19.0 Å². The lowest BCUT2D eigenvalue weighted by atomic mass is 10.0. The number of benzene rings is 1. The molecule has 0 aromatic heterocycles. The number of hydrogen-bond acceptors (Lipinski definition) is 4. The van der Waals surface area contributed by atoms with Crippen LogP contribution in [0.25, 0.3) is 0 Å². The van der Waals surface area contributed by atoms with Gasteiger partial charge in [0.05, 0.1) is 13.7 Å². The zero-order valence-electron chi connectivity index (χ0n) is 14.6. The highest BCUT2D eigenvalue weighted by Crippen LogP contribution is 2.17. The first-order valence-electron chi connectivity index (χ1n) is 8.43. The summed E-state index contributed by atoms with van der Waals surface area (Å²) in [6.45, 7) is 6.17. The molecule has 2 rings (SSSR count). The van der Waals surface area contributed by atoms with Crippen molar-refractivity contribution < 1.29 is 14.6 Å². The maximum atomic E-state index is 10.9. The molecule has 136 valence electrons. The fourth-order valence-electron chi connectivity index (χ4n) is 3.26.